The van der Waals surface area contributed by atoms with Gasteiger partial charge in [-0.1, -0.05) is 23.8 Å². The number of rotatable bonds is 10. The minimum absolute atomic E-state index is 0. The van der Waals surface area contributed by atoms with E-state index < -0.39 is 0 Å². The van der Waals surface area contributed by atoms with Crippen LogP contribution in [0.2, 0.25) is 0 Å². The van der Waals surface area contributed by atoms with E-state index in [1.165, 1.54) is 5.56 Å². The van der Waals surface area contributed by atoms with Crippen LogP contribution in [0.3, 0.4) is 0 Å². The van der Waals surface area contributed by atoms with Crippen LogP contribution in [-0.4, -0.2) is 45.0 Å². The van der Waals surface area contributed by atoms with Crippen LogP contribution in [0.4, 0.5) is 0 Å². The molecule has 0 fully saturated rings. The van der Waals surface area contributed by atoms with Gasteiger partial charge in [-0.05, 0) is 44.5 Å². The van der Waals surface area contributed by atoms with E-state index in [0.29, 0.717) is 24.0 Å². The van der Waals surface area contributed by atoms with Gasteiger partial charge in [0.1, 0.15) is 12.4 Å². The Morgan fingerprint density at radius 3 is 2.42 bits per heavy atom. The van der Waals surface area contributed by atoms with E-state index >= 15 is 0 Å². The van der Waals surface area contributed by atoms with Gasteiger partial charge in [-0.25, -0.2) is 4.99 Å². The van der Waals surface area contributed by atoms with Gasteiger partial charge in [-0.15, -0.1) is 24.0 Å². The first-order chi connectivity index (χ1) is 14.5. The van der Waals surface area contributed by atoms with E-state index in [4.69, 9.17) is 24.3 Å². The number of halogens is 1. The van der Waals surface area contributed by atoms with Crippen LogP contribution in [0.5, 0.6) is 17.2 Å². The second kappa shape index (κ2) is 14.0. The number of guanidine groups is 1. The van der Waals surface area contributed by atoms with Gasteiger partial charge >= 0.3 is 0 Å². The summed E-state index contributed by atoms with van der Waals surface area (Å²) in [5, 5.41) is 15.7. The number of aryl methyl sites for hydroxylation is 1. The zero-order valence-corrected chi connectivity index (χ0v) is 21.2. The third kappa shape index (κ3) is 8.10. The lowest BCUT2D eigenvalue weighted by Gasteiger charge is -2.20. The van der Waals surface area contributed by atoms with Crippen molar-refractivity contribution in [2.45, 2.75) is 33.4 Å². The first-order valence-corrected chi connectivity index (χ1v) is 10.1. The van der Waals surface area contributed by atoms with Gasteiger partial charge in [0.2, 0.25) is 0 Å². The van der Waals surface area contributed by atoms with Crippen molar-refractivity contribution in [2.24, 2.45) is 4.99 Å². The number of aliphatic imine (C=N–C) groups is 1. The van der Waals surface area contributed by atoms with Crippen molar-refractivity contribution in [3.8, 4) is 17.2 Å². The molecule has 2 rings (SSSR count). The quantitative estimate of drug-likeness (QED) is 0.240. The summed E-state index contributed by atoms with van der Waals surface area (Å²) in [5.74, 6) is 2.78. The average Bonchev–Trinajstić information content (AvgIpc) is 2.76. The summed E-state index contributed by atoms with van der Waals surface area (Å²) in [6.07, 6.45) is 0. The van der Waals surface area contributed by atoms with E-state index in [0.717, 1.165) is 23.4 Å². The molecule has 0 aliphatic rings. The second-order valence-corrected chi connectivity index (χ2v) is 6.86. The van der Waals surface area contributed by atoms with E-state index in [-0.39, 0.29) is 43.2 Å². The Kier molecular flexibility index (Phi) is 12.1. The molecule has 0 aliphatic carbocycles. The largest absolute Gasteiger partial charge is 0.496 e. The molecule has 2 aromatic rings. The Bertz CT molecular complexity index is 846. The van der Waals surface area contributed by atoms with Crippen LogP contribution in [-0.2, 0) is 6.54 Å². The molecule has 3 N–H and O–H groups in total. The lowest BCUT2D eigenvalue weighted by atomic mass is 10.0. The van der Waals surface area contributed by atoms with Crippen molar-refractivity contribution < 1.29 is 19.3 Å². The van der Waals surface area contributed by atoms with Crippen LogP contribution in [0.1, 0.15) is 36.6 Å². The van der Waals surface area contributed by atoms with E-state index in [9.17, 15) is 0 Å². The normalized spacial score (nSPS) is 11.9. The van der Waals surface area contributed by atoms with Gasteiger partial charge in [0.15, 0.2) is 17.5 Å². The van der Waals surface area contributed by atoms with Crippen LogP contribution < -0.4 is 24.8 Å². The minimum Gasteiger partial charge on any atom is -0.496 e. The molecule has 0 bridgehead atoms. The van der Waals surface area contributed by atoms with E-state index in [1.807, 2.05) is 37.3 Å². The van der Waals surface area contributed by atoms with Crippen molar-refractivity contribution in [1.29, 1.82) is 0 Å². The van der Waals surface area contributed by atoms with Crippen LogP contribution >= 0.6 is 24.0 Å². The average molecular weight is 543 g/mol. The zero-order valence-electron chi connectivity index (χ0n) is 18.9. The molecule has 0 spiro atoms. The van der Waals surface area contributed by atoms with Gasteiger partial charge in [0.25, 0.3) is 0 Å². The summed E-state index contributed by atoms with van der Waals surface area (Å²) < 4.78 is 16.4. The molecule has 8 heteroatoms. The number of methoxy groups -OCH3 is 2. The van der Waals surface area contributed by atoms with Crippen LogP contribution in [0, 0.1) is 6.92 Å². The van der Waals surface area contributed by atoms with Crippen molar-refractivity contribution >= 4 is 29.9 Å². The summed E-state index contributed by atoms with van der Waals surface area (Å²) >= 11 is 0. The van der Waals surface area contributed by atoms with Gasteiger partial charge in [-0.2, -0.15) is 0 Å². The maximum atomic E-state index is 8.94. The smallest absolute Gasteiger partial charge is 0.192 e. The maximum absolute atomic E-state index is 8.94. The fourth-order valence-electron chi connectivity index (χ4n) is 3.05. The van der Waals surface area contributed by atoms with Gasteiger partial charge < -0.3 is 30.0 Å². The first kappa shape index (κ1) is 26.8. The number of hydrogen-bond donors (Lipinski definition) is 3. The highest BCUT2D eigenvalue weighted by Crippen LogP contribution is 2.28. The van der Waals surface area contributed by atoms with Crippen LogP contribution in [0.25, 0.3) is 0 Å². The summed E-state index contributed by atoms with van der Waals surface area (Å²) in [4.78, 5) is 4.71. The SMILES string of the molecule is CCNC(=NCc1ccc(OCCO)c(OC)c1)NC(C)c1cc(C)ccc1OC.I. The Morgan fingerprint density at radius 2 is 1.77 bits per heavy atom. The number of nitrogens with one attached hydrogen (secondary N) is 2. The predicted molar refractivity (Wildman–Crippen MR) is 135 cm³/mol. The lowest BCUT2D eigenvalue weighted by Crippen LogP contribution is -2.38. The zero-order chi connectivity index (χ0) is 21.9. The molecule has 2 aromatic carbocycles. The third-order valence-electron chi connectivity index (χ3n) is 4.55. The first-order valence-electron chi connectivity index (χ1n) is 10.1. The highest BCUT2D eigenvalue weighted by Gasteiger charge is 2.13. The third-order valence-corrected chi connectivity index (χ3v) is 4.55. The highest BCUT2D eigenvalue weighted by molar-refractivity contribution is 14.0. The molecular formula is C23H34IN3O4. The highest BCUT2D eigenvalue weighted by atomic mass is 127. The van der Waals surface area contributed by atoms with Crippen LogP contribution in [0.15, 0.2) is 41.4 Å². The Labute approximate surface area is 202 Å². The Balaban J connectivity index is 0.00000480. The lowest BCUT2D eigenvalue weighted by molar-refractivity contribution is 0.196. The number of aliphatic hydroxyl groups is 1. The predicted octanol–water partition coefficient (Wildman–Crippen LogP) is 3.82. The molecule has 1 unspecified atom stereocenters. The monoisotopic (exact) mass is 543 g/mol. The molecule has 1 atom stereocenters. The number of nitrogens with zero attached hydrogens (tertiary/aromatic N) is 1. The van der Waals surface area contributed by atoms with E-state index in [2.05, 4.69) is 30.5 Å². The number of benzene rings is 2. The molecule has 0 aliphatic heterocycles. The summed E-state index contributed by atoms with van der Waals surface area (Å²) in [5.41, 5.74) is 3.24. The molecule has 31 heavy (non-hydrogen) atoms. The van der Waals surface area contributed by atoms with Crippen molar-refractivity contribution in [2.75, 3.05) is 34.0 Å². The van der Waals surface area contributed by atoms with Crippen molar-refractivity contribution in [1.82, 2.24) is 10.6 Å². The maximum Gasteiger partial charge on any atom is 0.192 e. The Morgan fingerprint density at radius 1 is 1.06 bits per heavy atom. The number of ether oxygens (including phenoxy) is 3. The number of hydrogen-bond acceptors (Lipinski definition) is 5. The van der Waals surface area contributed by atoms with Crippen molar-refractivity contribution in [3.05, 3.63) is 53.1 Å². The molecule has 0 aromatic heterocycles. The van der Waals surface area contributed by atoms with Gasteiger partial charge in [0, 0.05) is 12.1 Å². The summed E-state index contributed by atoms with van der Waals surface area (Å²) in [7, 11) is 3.28. The van der Waals surface area contributed by atoms with Gasteiger partial charge in [-0.3, -0.25) is 0 Å². The van der Waals surface area contributed by atoms with E-state index in [1.54, 1.807) is 14.2 Å². The molecule has 7 nitrogen and oxygen atoms in total. The molecule has 0 heterocycles. The topological polar surface area (TPSA) is 84.3 Å². The van der Waals surface area contributed by atoms with Crippen molar-refractivity contribution in [3.63, 3.8) is 0 Å². The molecule has 0 saturated heterocycles. The minimum atomic E-state index is -0.0448. The molecule has 0 saturated carbocycles. The molecular weight excluding hydrogens is 509 g/mol. The molecule has 0 amide bonds. The fourth-order valence-corrected chi connectivity index (χ4v) is 3.05. The Hall–Kier alpha value is -2.20. The fraction of sp³-hybridized carbons (Fsp3) is 0.435. The number of aliphatic hydroxyl groups excluding tert-OH is 1. The second-order valence-electron chi connectivity index (χ2n) is 6.86. The van der Waals surface area contributed by atoms with Gasteiger partial charge in [0.05, 0.1) is 33.4 Å². The standard InChI is InChI=1S/C23H33N3O4.HI/c1-6-24-23(26-17(3)19-13-16(2)7-9-20(19)28-4)25-15-18-8-10-21(30-12-11-27)22(14-18)29-5;/h7-10,13-14,17,27H,6,11-12,15H2,1-5H3,(H2,24,25,26);1H. The summed E-state index contributed by atoms with van der Waals surface area (Å²) in [6.45, 7) is 7.59. The molecule has 0 radical (unpaired) electrons. The summed E-state index contributed by atoms with van der Waals surface area (Å²) in [6, 6.07) is 11.8. The molecule has 172 valence electrons.